The van der Waals surface area contributed by atoms with Crippen LogP contribution >= 0.6 is 22.5 Å². The Balaban J connectivity index is 2.13. The Bertz CT molecular complexity index is 734. The summed E-state index contributed by atoms with van der Waals surface area (Å²) in [6.07, 6.45) is 1.12. The molecule has 0 unspecified atom stereocenters. The minimum absolute atomic E-state index is 0.171. The van der Waals surface area contributed by atoms with Crippen molar-refractivity contribution in [3.05, 3.63) is 59.8 Å². The van der Waals surface area contributed by atoms with Gasteiger partial charge in [-0.3, -0.25) is 4.79 Å². The lowest BCUT2D eigenvalue weighted by Gasteiger charge is -2.13. The molecule has 0 atom stereocenters. The van der Waals surface area contributed by atoms with E-state index in [1.807, 2.05) is 30.3 Å². The molecule has 0 aliphatic rings. The normalized spacial score (nSPS) is 11.1. The van der Waals surface area contributed by atoms with E-state index < -0.39 is 15.0 Å². The number of aromatic nitrogens is 1. The third-order valence-corrected chi connectivity index (χ3v) is 4.11. The number of carbonyl (C=O) groups is 1. The average Bonchev–Trinajstić information content (AvgIpc) is 2.46. The van der Waals surface area contributed by atoms with Crippen molar-refractivity contribution in [2.75, 3.05) is 0 Å². The lowest BCUT2D eigenvalue weighted by Crippen LogP contribution is -2.21. The van der Waals surface area contributed by atoms with Crippen molar-refractivity contribution >= 4 is 37.4 Å². The third kappa shape index (κ3) is 4.17. The molecule has 1 aromatic carbocycles. The van der Waals surface area contributed by atoms with Crippen molar-refractivity contribution in [3.63, 3.8) is 0 Å². The highest BCUT2D eigenvalue weighted by Gasteiger charge is 2.17. The second-order valence-electron chi connectivity index (χ2n) is 4.13. The van der Waals surface area contributed by atoms with Crippen molar-refractivity contribution in [2.24, 2.45) is 0 Å². The maximum Gasteiger partial charge on any atom is 0.278 e. The third-order valence-electron chi connectivity index (χ3n) is 2.62. The number of halogens is 2. The maximum atomic E-state index is 12.1. The van der Waals surface area contributed by atoms with Gasteiger partial charge >= 0.3 is 0 Å². The van der Waals surface area contributed by atoms with Crippen molar-refractivity contribution in [1.82, 2.24) is 9.40 Å². The van der Waals surface area contributed by atoms with Crippen LogP contribution in [0, 0.1) is 0 Å². The molecule has 1 amide bonds. The first-order chi connectivity index (χ1) is 9.88. The summed E-state index contributed by atoms with van der Waals surface area (Å²) < 4.78 is 23.1. The van der Waals surface area contributed by atoms with Gasteiger partial charge in [0, 0.05) is 28.7 Å². The molecule has 1 aromatic heterocycles. The van der Waals surface area contributed by atoms with E-state index in [1.165, 1.54) is 6.07 Å². The van der Waals surface area contributed by atoms with Gasteiger partial charge in [-0.05, 0) is 17.7 Å². The van der Waals surface area contributed by atoms with Gasteiger partial charge in [0.1, 0.15) is 0 Å². The Kier molecular flexibility index (Phi) is 4.82. The van der Waals surface area contributed by atoms with E-state index in [0.29, 0.717) is 0 Å². The summed E-state index contributed by atoms with van der Waals surface area (Å²) in [5.41, 5.74) is 1.04. The van der Waals surface area contributed by atoms with E-state index in [4.69, 9.17) is 22.5 Å². The molecule has 0 radical (unpaired) electrons. The molecule has 1 heterocycles. The van der Waals surface area contributed by atoms with Crippen molar-refractivity contribution < 1.29 is 13.2 Å². The topological polar surface area (TPSA) is 67.3 Å². The highest BCUT2D eigenvalue weighted by molar-refractivity contribution is 8.13. The standard InChI is InChI=1S/C13H10Cl2N2O3S/c14-17(9-10-4-2-1-3-5-10)13(18)11-6-7-12(16-8-11)21(15,19)20/h1-8H,9H2. The summed E-state index contributed by atoms with van der Waals surface area (Å²) >= 11 is 5.94. The van der Waals surface area contributed by atoms with Gasteiger partial charge < -0.3 is 0 Å². The Hall–Kier alpha value is -1.63. The van der Waals surface area contributed by atoms with Gasteiger partial charge in [0.05, 0.1) is 12.1 Å². The van der Waals surface area contributed by atoms with Gasteiger partial charge in [0.2, 0.25) is 0 Å². The molecule has 21 heavy (non-hydrogen) atoms. The SMILES string of the molecule is O=C(c1ccc(S(=O)(=O)Cl)nc1)N(Cl)Cc1ccccc1. The van der Waals surface area contributed by atoms with E-state index in [-0.39, 0.29) is 17.1 Å². The average molecular weight is 345 g/mol. The van der Waals surface area contributed by atoms with Crippen molar-refractivity contribution in [3.8, 4) is 0 Å². The van der Waals surface area contributed by atoms with E-state index in [2.05, 4.69) is 4.98 Å². The lowest BCUT2D eigenvalue weighted by atomic mass is 10.2. The number of hydrogen-bond acceptors (Lipinski definition) is 4. The number of amides is 1. The summed E-state index contributed by atoms with van der Waals surface area (Å²) in [6, 6.07) is 11.7. The minimum Gasteiger partial charge on any atom is -0.268 e. The maximum absolute atomic E-state index is 12.1. The van der Waals surface area contributed by atoms with Crippen LogP contribution in [0.3, 0.4) is 0 Å². The molecular formula is C13H10Cl2N2O3S. The Morgan fingerprint density at radius 3 is 2.33 bits per heavy atom. The number of hydrogen-bond donors (Lipinski definition) is 0. The van der Waals surface area contributed by atoms with Crippen LogP contribution in [0.25, 0.3) is 0 Å². The van der Waals surface area contributed by atoms with E-state index in [0.717, 1.165) is 22.2 Å². The van der Waals surface area contributed by atoms with E-state index in [9.17, 15) is 13.2 Å². The van der Waals surface area contributed by atoms with Crippen LogP contribution in [0.1, 0.15) is 15.9 Å². The number of benzene rings is 1. The Labute approximate surface area is 131 Å². The zero-order valence-corrected chi connectivity index (χ0v) is 12.9. The molecule has 2 rings (SSSR count). The second kappa shape index (κ2) is 6.43. The first-order valence-corrected chi connectivity index (χ1v) is 8.45. The zero-order valence-electron chi connectivity index (χ0n) is 10.6. The fourth-order valence-corrected chi connectivity index (χ4v) is 2.53. The first kappa shape index (κ1) is 15.8. The molecule has 0 fully saturated rings. The van der Waals surface area contributed by atoms with Crippen LogP contribution in [-0.2, 0) is 15.6 Å². The predicted molar refractivity (Wildman–Crippen MR) is 79.4 cm³/mol. The summed E-state index contributed by atoms with van der Waals surface area (Å²) in [5, 5.41) is -0.315. The highest BCUT2D eigenvalue weighted by Crippen LogP contribution is 2.15. The summed E-state index contributed by atoms with van der Waals surface area (Å²) in [5.74, 6) is -0.480. The summed E-state index contributed by atoms with van der Waals surface area (Å²) in [4.78, 5) is 15.7. The molecule has 0 N–H and O–H groups in total. The van der Waals surface area contributed by atoms with Crippen LogP contribution in [0.2, 0.25) is 0 Å². The Morgan fingerprint density at radius 2 is 1.81 bits per heavy atom. The quantitative estimate of drug-likeness (QED) is 0.631. The van der Waals surface area contributed by atoms with Gasteiger partial charge in [-0.2, -0.15) is 0 Å². The van der Waals surface area contributed by atoms with Crippen LogP contribution in [0.5, 0.6) is 0 Å². The minimum atomic E-state index is -3.91. The first-order valence-electron chi connectivity index (χ1n) is 5.80. The molecule has 8 heteroatoms. The van der Waals surface area contributed by atoms with Crippen LogP contribution < -0.4 is 0 Å². The molecule has 0 aliphatic carbocycles. The number of nitrogens with zero attached hydrogens (tertiary/aromatic N) is 2. The van der Waals surface area contributed by atoms with E-state index >= 15 is 0 Å². The summed E-state index contributed by atoms with van der Waals surface area (Å²) in [7, 11) is 1.24. The van der Waals surface area contributed by atoms with Gasteiger partial charge in [0.15, 0.2) is 5.03 Å². The molecule has 0 saturated carbocycles. The second-order valence-corrected chi connectivity index (χ2v) is 7.05. The molecule has 5 nitrogen and oxygen atoms in total. The molecule has 0 saturated heterocycles. The fourth-order valence-electron chi connectivity index (χ4n) is 1.61. The lowest BCUT2D eigenvalue weighted by molar-refractivity contribution is 0.0856. The van der Waals surface area contributed by atoms with E-state index in [1.54, 1.807) is 0 Å². The summed E-state index contributed by atoms with van der Waals surface area (Å²) in [6.45, 7) is 0.219. The largest absolute Gasteiger partial charge is 0.278 e. The van der Waals surface area contributed by atoms with Crippen molar-refractivity contribution in [1.29, 1.82) is 0 Å². The highest BCUT2D eigenvalue weighted by atomic mass is 35.7. The van der Waals surface area contributed by atoms with Crippen molar-refractivity contribution in [2.45, 2.75) is 11.6 Å². The fraction of sp³-hybridized carbons (Fsp3) is 0.0769. The Morgan fingerprint density at radius 1 is 1.14 bits per heavy atom. The van der Waals surface area contributed by atoms with Crippen LogP contribution in [0.4, 0.5) is 0 Å². The molecule has 0 aliphatic heterocycles. The predicted octanol–water partition coefficient (Wildman–Crippen LogP) is 2.81. The molecular weight excluding hydrogens is 335 g/mol. The van der Waals surface area contributed by atoms with Gasteiger partial charge in [0.25, 0.3) is 15.0 Å². The molecule has 2 aromatic rings. The smallest absolute Gasteiger partial charge is 0.268 e. The zero-order chi connectivity index (χ0) is 15.5. The van der Waals surface area contributed by atoms with Crippen LogP contribution in [0.15, 0.2) is 53.7 Å². The molecule has 110 valence electrons. The van der Waals surface area contributed by atoms with Gasteiger partial charge in [-0.15, -0.1) is 0 Å². The number of rotatable bonds is 4. The van der Waals surface area contributed by atoms with Gasteiger partial charge in [-0.25, -0.2) is 17.8 Å². The monoisotopic (exact) mass is 344 g/mol. The number of carbonyl (C=O) groups excluding carboxylic acids is 1. The van der Waals surface area contributed by atoms with Crippen LogP contribution in [-0.4, -0.2) is 23.7 Å². The molecule has 0 bridgehead atoms. The van der Waals surface area contributed by atoms with Gasteiger partial charge in [-0.1, -0.05) is 30.3 Å². The number of pyridine rings is 1. The molecule has 0 spiro atoms.